The Morgan fingerprint density at radius 3 is 2.32 bits per heavy atom. The van der Waals surface area contributed by atoms with Crippen LogP contribution in [-0.4, -0.2) is 15.3 Å². The number of rotatable bonds is 3. The van der Waals surface area contributed by atoms with Gasteiger partial charge in [-0.25, -0.2) is 0 Å². The van der Waals surface area contributed by atoms with Gasteiger partial charge in [-0.05, 0) is 13.8 Å². The molecule has 0 aliphatic heterocycles. The summed E-state index contributed by atoms with van der Waals surface area (Å²) >= 11 is 0. The Balaban J connectivity index is 2.85. The quantitative estimate of drug-likeness (QED) is 0.482. The molecule has 0 spiro atoms. The number of benzene rings is 1. The number of carbonyl (C=O) groups excluding carboxylic acids is 1. The summed E-state index contributed by atoms with van der Waals surface area (Å²) in [6.07, 6.45) is 0. The van der Waals surface area contributed by atoms with E-state index >= 15 is 0 Å². The van der Waals surface area contributed by atoms with Crippen LogP contribution < -0.4 is 0 Å². The van der Waals surface area contributed by atoms with Gasteiger partial charge in [0, 0.05) is 18.3 Å². The minimum absolute atomic E-state index is 0.112. The van der Waals surface area contributed by atoms with Crippen molar-refractivity contribution in [1.29, 1.82) is 0 Å². The van der Waals surface area contributed by atoms with Crippen LogP contribution in [0.15, 0.2) is 30.3 Å². The molecule has 2 rings (SSSR count). The highest BCUT2D eigenvalue weighted by molar-refractivity contribution is 6.02. The van der Waals surface area contributed by atoms with E-state index in [1.165, 1.54) is 6.92 Å². The maximum atomic E-state index is 11.7. The van der Waals surface area contributed by atoms with Gasteiger partial charge in [-0.3, -0.25) is 14.9 Å². The minimum atomic E-state index is -0.480. The Kier molecular flexibility index (Phi) is 3.21. The molecule has 0 unspecified atom stereocenters. The van der Waals surface area contributed by atoms with Gasteiger partial charge in [0.25, 0.3) is 0 Å². The van der Waals surface area contributed by atoms with Crippen LogP contribution >= 0.6 is 0 Å². The molecule has 98 valence electrons. The summed E-state index contributed by atoms with van der Waals surface area (Å²) in [5.41, 5.74) is 1.88. The molecule has 1 heterocycles. The molecule has 0 bridgehead atoms. The lowest BCUT2D eigenvalue weighted by Crippen LogP contribution is -1.99. The summed E-state index contributed by atoms with van der Waals surface area (Å²) < 4.78 is 1.70. The van der Waals surface area contributed by atoms with E-state index in [1.807, 2.05) is 18.2 Å². The van der Waals surface area contributed by atoms with E-state index in [0.717, 1.165) is 5.56 Å². The Hall–Kier alpha value is -2.43. The summed E-state index contributed by atoms with van der Waals surface area (Å²) in [6.45, 7) is 3.07. The van der Waals surface area contributed by atoms with Crippen molar-refractivity contribution in [3.05, 3.63) is 51.7 Å². The van der Waals surface area contributed by atoms with Crippen molar-refractivity contribution in [2.75, 3.05) is 0 Å². The number of hydrogen-bond acceptors (Lipinski definition) is 3. The minimum Gasteiger partial charge on any atom is -0.341 e. The molecule has 1 aromatic carbocycles. The number of carbonyl (C=O) groups is 1. The highest BCUT2D eigenvalue weighted by Crippen LogP contribution is 2.37. The van der Waals surface area contributed by atoms with Crippen LogP contribution in [-0.2, 0) is 7.05 Å². The molecular weight excluding hydrogens is 244 g/mol. The zero-order chi connectivity index (χ0) is 14.2. The maximum Gasteiger partial charge on any atom is 0.305 e. The number of aromatic nitrogens is 1. The van der Waals surface area contributed by atoms with E-state index in [0.29, 0.717) is 11.4 Å². The monoisotopic (exact) mass is 258 g/mol. The summed E-state index contributed by atoms with van der Waals surface area (Å²) in [5.74, 6) is -0.290. The SMILES string of the molecule is CC(=O)c1c([N+](=O)[O-])c(-c2ccccc2)n(C)c1C. The molecule has 0 amide bonds. The van der Waals surface area contributed by atoms with E-state index in [4.69, 9.17) is 0 Å². The number of Topliss-reactive ketones (excluding diaryl/α,β-unsaturated/α-hetero) is 1. The predicted octanol–water partition coefficient (Wildman–Crippen LogP) is 3.11. The van der Waals surface area contributed by atoms with Gasteiger partial charge < -0.3 is 4.57 Å². The van der Waals surface area contributed by atoms with Gasteiger partial charge in [-0.1, -0.05) is 30.3 Å². The second kappa shape index (κ2) is 4.68. The van der Waals surface area contributed by atoms with Crippen LogP contribution in [0.1, 0.15) is 23.0 Å². The second-order valence-corrected chi connectivity index (χ2v) is 4.40. The predicted molar refractivity (Wildman–Crippen MR) is 72.2 cm³/mol. The first-order valence-corrected chi connectivity index (χ1v) is 5.85. The van der Waals surface area contributed by atoms with E-state index < -0.39 is 4.92 Å². The summed E-state index contributed by atoms with van der Waals surface area (Å²) in [7, 11) is 1.73. The van der Waals surface area contributed by atoms with E-state index in [2.05, 4.69) is 0 Å². The largest absolute Gasteiger partial charge is 0.341 e. The topological polar surface area (TPSA) is 65.1 Å². The van der Waals surface area contributed by atoms with Crippen molar-refractivity contribution < 1.29 is 9.72 Å². The van der Waals surface area contributed by atoms with Gasteiger partial charge in [-0.2, -0.15) is 0 Å². The third kappa shape index (κ3) is 2.03. The number of nitrogens with zero attached hydrogens (tertiary/aromatic N) is 2. The Bertz CT molecular complexity index is 657. The molecule has 5 nitrogen and oxygen atoms in total. The van der Waals surface area contributed by atoms with Crippen molar-refractivity contribution in [3.63, 3.8) is 0 Å². The molecule has 0 radical (unpaired) electrons. The average Bonchev–Trinajstić information content (AvgIpc) is 2.64. The summed E-state index contributed by atoms with van der Waals surface area (Å²) in [5, 5.41) is 11.3. The van der Waals surface area contributed by atoms with Gasteiger partial charge in [0.05, 0.1) is 4.92 Å². The van der Waals surface area contributed by atoms with Gasteiger partial charge in [0.1, 0.15) is 11.3 Å². The Morgan fingerprint density at radius 1 is 1.26 bits per heavy atom. The first-order valence-electron chi connectivity index (χ1n) is 5.85. The first-order chi connectivity index (χ1) is 8.95. The van der Waals surface area contributed by atoms with Crippen molar-refractivity contribution in [2.24, 2.45) is 7.05 Å². The standard InChI is InChI=1S/C14H14N2O3/c1-9-12(10(2)17)14(16(18)19)13(15(9)3)11-7-5-4-6-8-11/h4-8H,1-3H3. The first kappa shape index (κ1) is 13.0. The van der Waals surface area contributed by atoms with Crippen LogP contribution in [0.2, 0.25) is 0 Å². The molecule has 0 N–H and O–H groups in total. The Labute approximate surface area is 110 Å². The number of ketones is 1. The van der Waals surface area contributed by atoms with Crippen LogP contribution in [0.25, 0.3) is 11.3 Å². The fourth-order valence-corrected chi connectivity index (χ4v) is 2.31. The normalized spacial score (nSPS) is 10.5. The Morgan fingerprint density at radius 2 is 1.84 bits per heavy atom. The molecule has 0 aliphatic rings. The molecule has 0 saturated heterocycles. The highest BCUT2D eigenvalue weighted by Gasteiger charge is 2.30. The van der Waals surface area contributed by atoms with E-state index in [-0.39, 0.29) is 17.0 Å². The van der Waals surface area contributed by atoms with Gasteiger partial charge in [-0.15, -0.1) is 0 Å². The van der Waals surface area contributed by atoms with Gasteiger partial charge in [0.15, 0.2) is 5.78 Å². The van der Waals surface area contributed by atoms with E-state index in [9.17, 15) is 14.9 Å². The molecule has 5 heteroatoms. The molecule has 0 atom stereocenters. The zero-order valence-electron chi connectivity index (χ0n) is 11.0. The fraction of sp³-hybridized carbons (Fsp3) is 0.214. The second-order valence-electron chi connectivity index (χ2n) is 4.40. The maximum absolute atomic E-state index is 11.7. The smallest absolute Gasteiger partial charge is 0.305 e. The molecule has 1 aromatic heterocycles. The van der Waals surface area contributed by atoms with Crippen LogP contribution in [0.4, 0.5) is 5.69 Å². The lowest BCUT2D eigenvalue weighted by molar-refractivity contribution is -0.384. The molecule has 2 aromatic rings. The molecular formula is C14H14N2O3. The van der Waals surface area contributed by atoms with Gasteiger partial charge >= 0.3 is 5.69 Å². The lowest BCUT2D eigenvalue weighted by atomic mass is 10.1. The molecule has 0 fully saturated rings. The van der Waals surface area contributed by atoms with Crippen molar-refractivity contribution in [2.45, 2.75) is 13.8 Å². The summed E-state index contributed by atoms with van der Waals surface area (Å²) in [4.78, 5) is 22.5. The van der Waals surface area contributed by atoms with Gasteiger partial charge in [0.2, 0.25) is 0 Å². The lowest BCUT2D eigenvalue weighted by Gasteiger charge is -2.04. The molecule has 0 saturated carbocycles. The number of hydrogen-bond donors (Lipinski definition) is 0. The highest BCUT2D eigenvalue weighted by atomic mass is 16.6. The van der Waals surface area contributed by atoms with Crippen LogP contribution in [0.5, 0.6) is 0 Å². The number of nitro groups is 1. The van der Waals surface area contributed by atoms with E-state index in [1.54, 1.807) is 30.7 Å². The molecule has 0 aliphatic carbocycles. The average molecular weight is 258 g/mol. The fourth-order valence-electron chi connectivity index (χ4n) is 2.31. The third-order valence-corrected chi connectivity index (χ3v) is 3.24. The summed E-state index contributed by atoms with van der Waals surface area (Å²) in [6, 6.07) is 9.07. The van der Waals surface area contributed by atoms with Crippen molar-refractivity contribution in [3.8, 4) is 11.3 Å². The van der Waals surface area contributed by atoms with Crippen molar-refractivity contribution >= 4 is 11.5 Å². The van der Waals surface area contributed by atoms with Crippen molar-refractivity contribution in [1.82, 2.24) is 4.57 Å². The molecule has 19 heavy (non-hydrogen) atoms. The van der Waals surface area contributed by atoms with Crippen LogP contribution in [0.3, 0.4) is 0 Å². The van der Waals surface area contributed by atoms with Crippen LogP contribution in [0, 0.1) is 17.0 Å². The zero-order valence-corrected chi connectivity index (χ0v) is 11.0. The third-order valence-electron chi connectivity index (χ3n) is 3.24.